The molecule has 0 saturated carbocycles. The number of nitrogens with one attached hydrogen (secondary N) is 1. The summed E-state index contributed by atoms with van der Waals surface area (Å²) in [6, 6.07) is 14.1. The van der Waals surface area contributed by atoms with Crippen LogP contribution in [0.25, 0.3) is 10.9 Å². The van der Waals surface area contributed by atoms with E-state index < -0.39 is 0 Å². The Bertz CT molecular complexity index is 868. The Kier molecular flexibility index (Phi) is 4.70. The van der Waals surface area contributed by atoms with E-state index in [1.807, 2.05) is 43.6 Å². The molecule has 0 amide bonds. The van der Waals surface area contributed by atoms with Crippen LogP contribution in [0.15, 0.2) is 53.8 Å². The Labute approximate surface area is 141 Å². The van der Waals surface area contributed by atoms with Gasteiger partial charge in [0, 0.05) is 29.7 Å². The highest BCUT2D eigenvalue weighted by molar-refractivity contribution is 5.99. The lowest BCUT2D eigenvalue weighted by Gasteiger charge is -2.09. The van der Waals surface area contributed by atoms with Crippen molar-refractivity contribution in [2.24, 2.45) is 12.1 Å². The fourth-order valence-electron chi connectivity index (χ4n) is 2.72. The van der Waals surface area contributed by atoms with Crippen molar-refractivity contribution in [1.29, 1.82) is 0 Å². The van der Waals surface area contributed by atoms with Crippen molar-refractivity contribution >= 4 is 17.1 Å². The summed E-state index contributed by atoms with van der Waals surface area (Å²) < 4.78 is 12.7. The van der Waals surface area contributed by atoms with Gasteiger partial charge in [-0.3, -0.25) is 0 Å². The number of hydrazone groups is 1. The van der Waals surface area contributed by atoms with E-state index in [9.17, 15) is 0 Å². The Balaban J connectivity index is 1.68. The summed E-state index contributed by atoms with van der Waals surface area (Å²) in [4.78, 5) is 0. The molecule has 1 heterocycles. The van der Waals surface area contributed by atoms with Gasteiger partial charge in [0.15, 0.2) is 11.5 Å². The molecule has 124 valence electrons. The summed E-state index contributed by atoms with van der Waals surface area (Å²) in [7, 11) is 5.30. The van der Waals surface area contributed by atoms with Gasteiger partial charge in [0.1, 0.15) is 0 Å². The Hall–Kier alpha value is -2.95. The molecule has 24 heavy (non-hydrogen) atoms. The molecule has 0 unspecified atom stereocenters. The summed E-state index contributed by atoms with van der Waals surface area (Å²) in [6.45, 7) is 0.613. The van der Waals surface area contributed by atoms with Crippen molar-refractivity contribution in [1.82, 2.24) is 9.99 Å². The van der Waals surface area contributed by atoms with Gasteiger partial charge in [-0.15, -0.1) is 0 Å². The third-order valence-electron chi connectivity index (χ3n) is 3.95. The number of benzene rings is 2. The van der Waals surface area contributed by atoms with Gasteiger partial charge in [-0.05, 0) is 23.8 Å². The number of ether oxygens (including phenoxy) is 2. The number of aromatic nitrogens is 1. The quantitative estimate of drug-likeness (QED) is 0.559. The van der Waals surface area contributed by atoms with Crippen molar-refractivity contribution < 1.29 is 9.47 Å². The van der Waals surface area contributed by atoms with Gasteiger partial charge >= 0.3 is 0 Å². The summed E-state index contributed by atoms with van der Waals surface area (Å²) in [5.41, 5.74) is 6.43. The van der Waals surface area contributed by atoms with E-state index in [1.54, 1.807) is 14.2 Å². The molecule has 5 heteroatoms. The van der Waals surface area contributed by atoms with E-state index in [0.717, 1.165) is 22.6 Å². The molecule has 0 aliphatic heterocycles. The van der Waals surface area contributed by atoms with Gasteiger partial charge in [-0.2, -0.15) is 5.10 Å². The largest absolute Gasteiger partial charge is 0.493 e. The highest BCUT2D eigenvalue weighted by Crippen LogP contribution is 2.27. The first kappa shape index (κ1) is 15.9. The van der Waals surface area contributed by atoms with Crippen LogP contribution in [0.3, 0.4) is 0 Å². The molecule has 0 atom stereocenters. The van der Waals surface area contributed by atoms with Crippen LogP contribution >= 0.6 is 0 Å². The minimum absolute atomic E-state index is 0.613. The van der Waals surface area contributed by atoms with Crippen molar-refractivity contribution in [3.63, 3.8) is 0 Å². The molecule has 0 aliphatic rings. The molecule has 0 spiro atoms. The minimum Gasteiger partial charge on any atom is -0.493 e. The summed E-state index contributed by atoms with van der Waals surface area (Å²) in [5, 5.41) is 5.53. The molecule has 0 saturated heterocycles. The molecule has 0 aliphatic carbocycles. The maximum Gasteiger partial charge on any atom is 0.161 e. The van der Waals surface area contributed by atoms with E-state index in [1.165, 1.54) is 10.9 Å². The molecule has 0 fully saturated rings. The van der Waals surface area contributed by atoms with Crippen LogP contribution in [-0.2, 0) is 13.6 Å². The fraction of sp³-hybridized carbons (Fsp3) is 0.211. The lowest BCUT2D eigenvalue weighted by atomic mass is 10.2. The molecular weight excluding hydrogens is 302 g/mol. The third-order valence-corrected chi connectivity index (χ3v) is 3.95. The highest BCUT2D eigenvalue weighted by Gasteiger charge is 2.05. The maximum atomic E-state index is 5.31. The average molecular weight is 323 g/mol. The monoisotopic (exact) mass is 323 g/mol. The van der Waals surface area contributed by atoms with Crippen LogP contribution in [0, 0.1) is 0 Å². The molecule has 1 N–H and O–H groups in total. The number of nitrogens with zero attached hydrogens (tertiary/aromatic N) is 2. The predicted molar refractivity (Wildman–Crippen MR) is 96.9 cm³/mol. The number of fused-ring (bicyclic) bond motifs is 1. The van der Waals surface area contributed by atoms with Crippen molar-refractivity contribution in [3.8, 4) is 11.5 Å². The van der Waals surface area contributed by atoms with Gasteiger partial charge in [0.25, 0.3) is 0 Å². The zero-order valence-corrected chi connectivity index (χ0v) is 14.1. The van der Waals surface area contributed by atoms with Gasteiger partial charge < -0.3 is 19.5 Å². The Morgan fingerprint density at radius 1 is 1.08 bits per heavy atom. The standard InChI is InChI=1S/C19H21N3O2/c1-22-13-15(16-6-4-5-7-17(16)22)12-21-20-11-14-8-9-18(23-2)19(10-14)24-3/h4-10,12-13,20H,11H2,1-3H3/b21-12-. The number of para-hydroxylation sites is 1. The molecule has 1 aromatic heterocycles. The van der Waals surface area contributed by atoms with E-state index >= 15 is 0 Å². The smallest absolute Gasteiger partial charge is 0.161 e. The van der Waals surface area contributed by atoms with Crippen LogP contribution in [0.4, 0.5) is 0 Å². The fourth-order valence-corrected chi connectivity index (χ4v) is 2.72. The first-order valence-corrected chi connectivity index (χ1v) is 7.74. The van der Waals surface area contributed by atoms with Crippen LogP contribution in [0.1, 0.15) is 11.1 Å². The number of hydrogen-bond acceptors (Lipinski definition) is 4. The molecular formula is C19H21N3O2. The van der Waals surface area contributed by atoms with Gasteiger partial charge in [-0.1, -0.05) is 24.3 Å². The second-order valence-corrected chi connectivity index (χ2v) is 5.49. The SMILES string of the molecule is COc1ccc(CN/N=C\c2cn(C)c3ccccc23)cc1OC. The lowest BCUT2D eigenvalue weighted by molar-refractivity contribution is 0.354. The highest BCUT2D eigenvalue weighted by atomic mass is 16.5. The summed E-state index contributed by atoms with van der Waals surface area (Å²) in [6.07, 6.45) is 3.93. The summed E-state index contributed by atoms with van der Waals surface area (Å²) in [5.74, 6) is 1.44. The van der Waals surface area contributed by atoms with Crippen molar-refractivity contribution in [3.05, 3.63) is 59.8 Å². The molecule has 3 aromatic rings. The zero-order chi connectivity index (χ0) is 16.9. The van der Waals surface area contributed by atoms with Crippen molar-refractivity contribution in [2.45, 2.75) is 6.54 Å². The third kappa shape index (κ3) is 3.20. The normalized spacial score (nSPS) is 11.1. The minimum atomic E-state index is 0.613. The number of rotatable bonds is 6. The predicted octanol–water partition coefficient (Wildman–Crippen LogP) is 3.32. The maximum absolute atomic E-state index is 5.31. The second kappa shape index (κ2) is 7.08. The number of aryl methyl sites for hydroxylation is 1. The molecule has 2 aromatic carbocycles. The number of methoxy groups -OCH3 is 2. The number of hydrogen-bond donors (Lipinski definition) is 1. The van der Waals surface area contributed by atoms with E-state index in [2.05, 4.69) is 33.4 Å². The molecule has 5 nitrogen and oxygen atoms in total. The van der Waals surface area contributed by atoms with Crippen LogP contribution in [0.5, 0.6) is 11.5 Å². The average Bonchev–Trinajstić information content (AvgIpc) is 2.95. The molecule has 0 radical (unpaired) electrons. The summed E-state index contributed by atoms with van der Waals surface area (Å²) >= 11 is 0. The lowest BCUT2D eigenvalue weighted by Crippen LogP contribution is -2.06. The van der Waals surface area contributed by atoms with Crippen LogP contribution < -0.4 is 14.9 Å². The molecule has 0 bridgehead atoms. The topological polar surface area (TPSA) is 47.8 Å². The van der Waals surface area contributed by atoms with Crippen LogP contribution in [-0.4, -0.2) is 25.0 Å². The van der Waals surface area contributed by atoms with Gasteiger partial charge in [-0.25, -0.2) is 0 Å². The van der Waals surface area contributed by atoms with Crippen LogP contribution in [0.2, 0.25) is 0 Å². The van der Waals surface area contributed by atoms with E-state index in [4.69, 9.17) is 9.47 Å². The van der Waals surface area contributed by atoms with Crippen molar-refractivity contribution in [2.75, 3.05) is 14.2 Å². The van der Waals surface area contributed by atoms with E-state index in [0.29, 0.717) is 6.54 Å². The Morgan fingerprint density at radius 3 is 2.67 bits per heavy atom. The first-order chi connectivity index (χ1) is 11.7. The molecule has 3 rings (SSSR count). The second-order valence-electron chi connectivity index (χ2n) is 5.49. The first-order valence-electron chi connectivity index (χ1n) is 7.74. The zero-order valence-electron chi connectivity index (χ0n) is 14.1. The van der Waals surface area contributed by atoms with Gasteiger partial charge in [0.05, 0.1) is 27.0 Å². The van der Waals surface area contributed by atoms with Gasteiger partial charge in [0.2, 0.25) is 0 Å². The van der Waals surface area contributed by atoms with E-state index in [-0.39, 0.29) is 0 Å². The Morgan fingerprint density at radius 2 is 1.88 bits per heavy atom.